The Morgan fingerprint density at radius 3 is 2.71 bits per heavy atom. The Balaban J connectivity index is 1.63. The summed E-state index contributed by atoms with van der Waals surface area (Å²) in [6.07, 6.45) is 0.889. The molecule has 2 heterocycles. The molecule has 0 atom stereocenters. The van der Waals surface area contributed by atoms with Crippen LogP contribution in [0.4, 0.5) is 13.9 Å². The highest BCUT2D eigenvalue weighted by molar-refractivity contribution is 7.14. The van der Waals surface area contributed by atoms with E-state index in [9.17, 15) is 13.6 Å². The van der Waals surface area contributed by atoms with E-state index in [0.717, 1.165) is 23.5 Å². The number of thiazole rings is 1. The van der Waals surface area contributed by atoms with Gasteiger partial charge in [-0.25, -0.2) is 4.98 Å². The minimum absolute atomic E-state index is 0.0463. The summed E-state index contributed by atoms with van der Waals surface area (Å²) in [5.41, 5.74) is 4.04. The van der Waals surface area contributed by atoms with Gasteiger partial charge in [0.1, 0.15) is 5.75 Å². The van der Waals surface area contributed by atoms with Gasteiger partial charge in [0, 0.05) is 29.6 Å². The maximum absolute atomic E-state index is 12.6. The van der Waals surface area contributed by atoms with E-state index in [1.807, 2.05) is 18.5 Å². The fraction of sp³-hybridized carbons (Fsp3) is 0.409. The maximum Gasteiger partial charge on any atom is 0.387 e. The number of rotatable bonds is 9. The number of carbonyl (C=O) groups is 1. The zero-order chi connectivity index (χ0) is 22.5. The molecule has 0 saturated carbocycles. The second-order valence-corrected chi connectivity index (χ2v) is 8.54. The van der Waals surface area contributed by atoms with Gasteiger partial charge < -0.3 is 10.1 Å². The van der Waals surface area contributed by atoms with E-state index in [2.05, 4.69) is 34.0 Å². The van der Waals surface area contributed by atoms with Crippen LogP contribution >= 0.6 is 11.3 Å². The summed E-state index contributed by atoms with van der Waals surface area (Å²) in [5, 5.41) is 9.49. The van der Waals surface area contributed by atoms with Crippen molar-refractivity contribution in [2.75, 3.05) is 5.32 Å². The third-order valence-corrected chi connectivity index (χ3v) is 5.56. The molecule has 0 aliphatic heterocycles. The Morgan fingerprint density at radius 1 is 1.26 bits per heavy atom. The number of para-hydroxylation sites is 1. The van der Waals surface area contributed by atoms with Gasteiger partial charge >= 0.3 is 6.61 Å². The number of anilines is 1. The Kier molecular flexibility index (Phi) is 7.37. The molecule has 0 fully saturated rings. The number of nitrogens with one attached hydrogen (secondary N) is 1. The normalized spacial score (nSPS) is 11.4. The van der Waals surface area contributed by atoms with Crippen molar-refractivity contribution in [3.05, 3.63) is 46.6 Å². The van der Waals surface area contributed by atoms with Crippen molar-refractivity contribution in [3.63, 3.8) is 0 Å². The molecule has 0 radical (unpaired) electrons. The molecular formula is C22H26F2N4O2S. The lowest BCUT2D eigenvalue weighted by Crippen LogP contribution is -2.13. The molecule has 9 heteroatoms. The molecule has 31 heavy (non-hydrogen) atoms. The summed E-state index contributed by atoms with van der Waals surface area (Å²) >= 11 is 1.24. The van der Waals surface area contributed by atoms with Crippen LogP contribution in [0.5, 0.6) is 5.75 Å². The van der Waals surface area contributed by atoms with Crippen LogP contribution in [0.2, 0.25) is 0 Å². The number of amides is 1. The van der Waals surface area contributed by atoms with Gasteiger partial charge in [0.05, 0.1) is 11.4 Å². The highest BCUT2D eigenvalue weighted by atomic mass is 32.1. The highest BCUT2D eigenvalue weighted by Crippen LogP contribution is 2.33. The highest BCUT2D eigenvalue weighted by Gasteiger charge is 2.16. The topological polar surface area (TPSA) is 69.0 Å². The van der Waals surface area contributed by atoms with Crippen LogP contribution in [-0.2, 0) is 17.8 Å². The maximum atomic E-state index is 12.6. The Morgan fingerprint density at radius 2 is 2.00 bits per heavy atom. The number of carbonyl (C=O) groups excluding carboxylic acids is 1. The van der Waals surface area contributed by atoms with Gasteiger partial charge in [-0.1, -0.05) is 26.0 Å². The summed E-state index contributed by atoms with van der Waals surface area (Å²) in [6.45, 7) is 6.20. The van der Waals surface area contributed by atoms with Gasteiger partial charge in [0.15, 0.2) is 5.13 Å². The fourth-order valence-corrected chi connectivity index (χ4v) is 4.10. The van der Waals surface area contributed by atoms with Crippen molar-refractivity contribution in [1.82, 2.24) is 14.8 Å². The number of alkyl halides is 2. The molecule has 2 aromatic heterocycles. The Hall–Kier alpha value is -2.81. The lowest BCUT2D eigenvalue weighted by atomic mass is 10.1. The third kappa shape index (κ3) is 5.88. The zero-order valence-electron chi connectivity index (χ0n) is 18.0. The van der Waals surface area contributed by atoms with Gasteiger partial charge in [0.2, 0.25) is 5.91 Å². The van der Waals surface area contributed by atoms with Crippen molar-refractivity contribution in [2.24, 2.45) is 5.92 Å². The van der Waals surface area contributed by atoms with Crippen LogP contribution in [-0.4, -0.2) is 27.3 Å². The predicted octanol–water partition coefficient (Wildman–Crippen LogP) is 5.45. The summed E-state index contributed by atoms with van der Waals surface area (Å²) in [7, 11) is 0. The molecule has 0 spiro atoms. The molecule has 1 amide bonds. The smallest absolute Gasteiger partial charge is 0.387 e. The van der Waals surface area contributed by atoms with Crippen LogP contribution in [0, 0.1) is 19.8 Å². The van der Waals surface area contributed by atoms with Crippen molar-refractivity contribution >= 4 is 22.4 Å². The van der Waals surface area contributed by atoms with Crippen molar-refractivity contribution < 1.29 is 18.3 Å². The lowest BCUT2D eigenvalue weighted by Gasteiger charge is -2.08. The first-order valence-electron chi connectivity index (χ1n) is 10.1. The molecule has 0 bridgehead atoms. The molecule has 0 aliphatic rings. The minimum Gasteiger partial charge on any atom is -0.434 e. The number of nitrogens with zero attached hydrogens (tertiary/aromatic N) is 3. The fourth-order valence-electron chi connectivity index (χ4n) is 3.37. The molecule has 3 rings (SSSR count). The van der Waals surface area contributed by atoms with E-state index in [1.165, 1.54) is 17.4 Å². The monoisotopic (exact) mass is 448 g/mol. The third-order valence-electron chi connectivity index (χ3n) is 4.80. The Labute approximate surface area is 184 Å². The van der Waals surface area contributed by atoms with Gasteiger partial charge in [-0.05, 0) is 43.9 Å². The standard InChI is InChI=1S/C22H26F2N4O2S/c1-13(2)11-28-15(4)16(14(3)27-28)9-10-20(29)26-22-25-18(12-31-22)17-7-5-6-8-19(17)30-21(23)24/h5-8,12-13,21H,9-11H2,1-4H3,(H,25,26,29). The lowest BCUT2D eigenvalue weighted by molar-refractivity contribution is -0.116. The molecule has 6 nitrogen and oxygen atoms in total. The van der Waals surface area contributed by atoms with Gasteiger partial charge in [-0.3, -0.25) is 9.48 Å². The average molecular weight is 449 g/mol. The number of hydrogen-bond donors (Lipinski definition) is 1. The van der Waals surface area contributed by atoms with Crippen LogP contribution < -0.4 is 10.1 Å². The first kappa shape index (κ1) is 22.9. The Bertz CT molecular complexity index is 1050. The second kappa shape index (κ2) is 10.00. The molecule has 166 valence electrons. The molecule has 0 aliphatic carbocycles. The molecule has 0 saturated heterocycles. The van der Waals surface area contributed by atoms with Crippen LogP contribution in [0.15, 0.2) is 29.6 Å². The van der Waals surface area contributed by atoms with Crippen molar-refractivity contribution in [2.45, 2.75) is 53.7 Å². The van der Waals surface area contributed by atoms with E-state index in [0.29, 0.717) is 35.1 Å². The first-order valence-corrected chi connectivity index (χ1v) is 10.9. The number of aromatic nitrogens is 3. The number of benzene rings is 1. The first-order chi connectivity index (χ1) is 14.7. The van der Waals surface area contributed by atoms with Gasteiger partial charge in [0.25, 0.3) is 0 Å². The van der Waals surface area contributed by atoms with Gasteiger partial charge in [-0.15, -0.1) is 11.3 Å². The van der Waals surface area contributed by atoms with E-state index in [4.69, 9.17) is 0 Å². The van der Waals surface area contributed by atoms with Crippen LogP contribution in [0.1, 0.15) is 37.2 Å². The van der Waals surface area contributed by atoms with E-state index >= 15 is 0 Å². The SMILES string of the molecule is Cc1nn(CC(C)C)c(C)c1CCC(=O)Nc1nc(-c2ccccc2OC(F)F)cs1. The molecule has 0 unspecified atom stereocenters. The summed E-state index contributed by atoms with van der Waals surface area (Å²) in [6, 6.07) is 6.45. The minimum atomic E-state index is -2.92. The number of halogens is 2. The summed E-state index contributed by atoms with van der Waals surface area (Å²) in [5.74, 6) is 0.378. The van der Waals surface area contributed by atoms with Crippen molar-refractivity contribution in [3.8, 4) is 17.0 Å². The predicted molar refractivity (Wildman–Crippen MR) is 118 cm³/mol. The summed E-state index contributed by atoms with van der Waals surface area (Å²) < 4.78 is 31.8. The van der Waals surface area contributed by atoms with Crippen molar-refractivity contribution in [1.29, 1.82) is 0 Å². The average Bonchev–Trinajstić information content (AvgIpc) is 3.24. The summed E-state index contributed by atoms with van der Waals surface area (Å²) in [4.78, 5) is 16.8. The van der Waals surface area contributed by atoms with E-state index in [1.54, 1.807) is 23.6 Å². The molecular weight excluding hydrogens is 422 g/mol. The zero-order valence-corrected chi connectivity index (χ0v) is 18.8. The van der Waals surface area contributed by atoms with E-state index in [-0.39, 0.29) is 11.7 Å². The largest absolute Gasteiger partial charge is 0.434 e. The number of ether oxygens (including phenoxy) is 1. The molecule has 1 N–H and O–H groups in total. The van der Waals surface area contributed by atoms with Crippen LogP contribution in [0.25, 0.3) is 11.3 Å². The van der Waals surface area contributed by atoms with E-state index < -0.39 is 6.61 Å². The van der Waals surface area contributed by atoms with Crippen LogP contribution in [0.3, 0.4) is 0 Å². The molecule has 3 aromatic rings. The quantitative estimate of drug-likeness (QED) is 0.472. The number of hydrogen-bond acceptors (Lipinski definition) is 5. The molecule has 1 aromatic carbocycles. The number of aryl methyl sites for hydroxylation is 1. The van der Waals surface area contributed by atoms with Gasteiger partial charge in [-0.2, -0.15) is 13.9 Å². The second-order valence-electron chi connectivity index (χ2n) is 7.69.